The normalized spacial score (nSPS) is 13.4. The lowest BCUT2D eigenvalue weighted by Crippen LogP contribution is -2.28. The summed E-state index contributed by atoms with van der Waals surface area (Å²) in [5.41, 5.74) is 11.7. The molecule has 0 spiro atoms. The molecule has 49 heavy (non-hydrogen) atoms. The first-order chi connectivity index (χ1) is 24.3. The highest BCUT2D eigenvalue weighted by molar-refractivity contribution is 5.90. The molecule has 0 atom stereocenters. The average Bonchev–Trinajstić information content (AvgIpc) is 3.46. The van der Waals surface area contributed by atoms with E-state index in [-0.39, 0.29) is 0 Å². The van der Waals surface area contributed by atoms with Crippen molar-refractivity contribution >= 4 is 10.9 Å². The molecule has 3 nitrogen and oxygen atoms in total. The van der Waals surface area contributed by atoms with Gasteiger partial charge in [-0.05, 0) is 75.3 Å². The quantitative estimate of drug-likeness (QED) is 0.195. The highest BCUT2D eigenvalue weighted by Gasteiger charge is 2.47. The summed E-state index contributed by atoms with van der Waals surface area (Å²) in [6.07, 6.45) is 0. The number of benzene rings is 7. The van der Waals surface area contributed by atoms with Gasteiger partial charge in [0, 0.05) is 16.5 Å². The fourth-order valence-corrected chi connectivity index (χ4v) is 7.83. The summed E-state index contributed by atoms with van der Waals surface area (Å²) in [7, 11) is 0. The maximum atomic E-state index is 6.90. The first-order valence-electron chi connectivity index (χ1n) is 16.6. The molecule has 230 valence electrons. The van der Waals surface area contributed by atoms with Crippen molar-refractivity contribution in [2.24, 2.45) is 0 Å². The number of aromatic nitrogens is 1. The molecule has 1 aliphatic carbocycles. The van der Waals surface area contributed by atoms with Crippen LogP contribution in [0.3, 0.4) is 0 Å². The predicted molar refractivity (Wildman–Crippen MR) is 197 cm³/mol. The lowest BCUT2D eigenvalue weighted by atomic mass is 9.67. The number of hydrogen-bond acceptors (Lipinski definition) is 3. The molecule has 0 amide bonds. The minimum Gasteiger partial charge on any atom is -0.449 e. The van der Waals surface area contributed by atoms with E-state index in [1.54, 1.807) is 0 Å². The van der Waals surface area contributed by atoms with Gasteiger partial charge in [0.25, 0.3) is 0 Å². The molecule has 10 rings (SSSR count). The summed E-state index contributed by atoms with van der Waals surface area (Å²) < 4.78 is 13.6. The summed E-state index contributed by atoms with van der Waals surface area (Å²) in [5.74, 6) is 2.83. The van der Waals surface area contributed by atoms with Gasteiger partial charge in [0.2, 0.25) is 0 Å². The Morgan fingerprint density at radius 3 is 1.86 bits per heavy atom. The summed E-state index contributed by atoms with van der Waals surface area (Å²) >= 11 is 0. The van der Waals surface area contributed by atoms with E-state index in [4.69, 9.17) is 14.5 Å². The van der Waals surface area contributed by atoms with Crippen molar-refractivity contribution in [2.45, 2.75) is 5.41 Å². The topological polar surface area (TPSA) is 31.4 Å². The van der Waals surface area contributed by atoms with E-state index in [2.05, 4.69) is 146 Å². The molecular formula is C46H29NO2. The Morgan fingerprint density at radius 2 is 1.08 bits per heavy atom. The van der Waals surface area contributed by atoms with Gasteiger partial charge in [0.05, 0.1) is 16.6 Å². The molecule has 8 aromatic rings. The van der Waals surface area contributed by atoms with Gasteiger partial charge in [-0.3, -0.25) is 0 Å². The van der Waals surface area contributed by atoms with E-state index < -0.39 is 5.41 Å². The van der Waals surface area contributed by atoms with E-state index in [1.807, 2.05) is 30.3 Å². The van der Waals surface area contributed by atoms with Crippen LogP contribution in [-0.2, 0) is 5.41 Å². The maximum Gasteiger partial charge on any atom is 0.177 e. The summed E-state index contributed by atoms with van der Waals surface area (Å²) in [4.78, 5) is 4.96. The molecule has 0 radical (unpaired) electrons. The van der Waals surface area contributed by atoms with Crippen molar-refractivity contribution < 1.29 is 9.47 Å². The van der Waals surface area contributed by atoms with Gasteiger partial charge in [0.1, 0.15) is 0 Å². The number of ether oxygens (including phenoxy) is 2. The predicted octanol–water partition coefficient (Wildman–Crippen LogP) is 11.8. The van der Waals surface area contributed by atoms with Gasteiger partial charge in [-0.1, -0.05) is 140 Å². The van der Waals surface area contributed by atoms with Gasteiger partial charge >= 0.3 is 0 Å². The average molecular weight is 628 g/mol. The van der Waals surface area contributed by atoms with E-state index in [9.17, 15) is 0 Å². The zero-order chi connectivity index (χ0) is 32.4. The molecule has 1 aliphatic heterocycles. The molecule has 0 saturated heterocycles. The fourth-order valence-electron chi connectivity index (χ4n) is 7.83. The molecule has 3 heteroatoms. The highest BCUT2D eigenvalue weighted by Crippen LogP contribution is 2.60. The van der Waals surface area contributed by atoms with E-state index in [0.717, 1.165) is 38.9 Å². The number of fused-ring (bicyclic) bond motifs is 6. The minimum absolute atomic E-state index is 0.517. The van der Waals surface area contributed by atoms with Crippen LogP contribution in [0.4, 0.5) is 0 Å². The van der Waals surface area contributed by atoms with Crippen LogP contribution in [-0.4, -0.2) is 4.98 Å². The molecule has 2 heterocycles. The Kier molecular flexibility index (Phi) is 6.09. The summed E-state index contributed by atoms with van der Waals surface area (Å²) in [5, 5.41) is 1.07. The molecule has 0 fully saturated rings. The third-order valence-electron chi connectivity index (χ3n) is 10.0. The third-order valence-corrected chi connectivity index (χ3v) is 10.0. The lowest BCUT2D eigenvalue weighted by molar-refractivity contribution is 0.360. The number of rotatable bonds is 4. The molecule has 2 aliphatic rings. The molecule has 1 aromatic heterocycles. The Bertz CT molecular complexity index is 2500. The van der Waals surface area contributed by atoms with Crippen LogP contribution in [0, 0.1) is 0 Å². The number of hydrogen-bond donors (Lipinski definition) is 0. The second-order valence-corrected chi connectivity index (χ2v) is 12.7. The molecule has 0 unspecified atom stereocenters. The number of para-hydroxylation sites is 1. The van der Waals surface area contributed by atoms with Crippen LogP contribution >= 0.6 is 0 Å². The van der Waals surface area contributed by atoms with Crippen molar-refractivity contribution in [3.8, 4) is 56.5 Å². The maximum absolute atomic E-state index is 6.90. The van der Waals surface area contributed by atoms with Crippen LogP contribution in [0.15, 0.2) is 176 Å². The first-order valence-corrected chi connectivity index (χ1v) is 16.6. The summed E-state index contributed by atoms with van der Waals surface area (Å²) in [6.45, 7) is 0. The van der Waals surface area contributed by atoms with Crippen molar-refractivity contribution in [3.63, 3.8) is 0 Å². The minimum atomic E-state index is -0.517. The third kappa shape index (κ3) is 4.19. The largest absolute Gasteiger partial charge is 0.449 e. The molecule has 7 aromatic carbocycles. The van der Waals surface area contributed by atoms with Gasteiger partial charge in [-0.15, -0.1) is 0 Å². The standard InChI is InChI=1S/C46H29NO2/c1-4-13-30(14-5-1)40-26-24-32-27-31(23-25-41(32)47-40)35-20-12-22-42-45(35)49-44-29-39-37(28-43(44)48-42)36-19-10-11-21-38(36)46(39,33-15-6-2-7-16-33)34-17-8-3-9-18-34/h1-29H. The Labute approximate surface area is 284 Å². The fraction of sp³-hybridized carbons (Fsp3) is 0.0217. The molecule has 0 saturated carbocycles. The van der Waals surface area contributed by atoms with Crippen LogP contribution < -0.4 is 9.47 Å². The van der Waals surface area contributed by atoms with Gasteiger partial charge in [-0.25, -0.2) is 4.98 Å². The first kappa shape index (κ1) is 27.6. The van der Waals surface area contributed by atoms with Crippen molar-refractivity contribution in [1.29, 1.82) is 0 Å². The van der Waals surface area contributed by atoms with Crippen LogP contribution in [0.25, 0.3) is 44.4 Å². The van der Waals surface area contributed by atoms with Crippen molar-refractivity contribution in [2.75, 3.05) is 0 Å². The zero-order valence-corrected chi connectivity index (χ0v) is 26.5. The van der Waals surface area contributed by atoms with Crippen molar-refractivity contribution in [3.05, 3.63) is 198 Å². The van der Waals surface area contributed by atoms with Gasteiger partial charge < -0.3 is 9.47 Å². The summed E-state index contributed by atoms with van der Waals surface area (Å²) in [6, 6.07) is 61.8. The Balaban J connectivity index is 1.11. The van der Waals surface area contributed by atoms with E-state index >= 15 is 0 Å². The van der Waals surface area contributed by atoms with Gasteiger partial charge in [0.15, 0.2) is 23.0 Å². The smallest absolute Gasteiger partial charge is 0.177 e. The SMILES string of the molecule is c1ccc(-c2ccc3cc(-c4cccc5c4Oc4cc6c(cc4O5)-c4ccccc4C6(c4ccccc4)c4ccccc4)ccc3n2)cc1. The molecular weight excluding hydrogens is 599 g/mol. The lowest BCUT2D eigenvalue weighted by Gasteiger charge is -2.34. The van der Waals surface area contributed by atoms with E-state index in [0.29, 0.717) is 23.0 Å². The Hall–Kier alpha value is -6.45. The number of nitrogens with zero attached hydrogens (tertiary/aromatic N) is 1. The zero-order valence-electron chi connectivity index (χ0n) is 26.5. The number of pyridine rings is 1. The van der Waals surface area contributed by atoms with Gasteiger partial charge in [-0.2, -0.15) is 0 Å². The molecule has 0 N–H and O–H groups in total. The molecule has 0 bridgehead atoms. The van der Waals surface area contributed by atoms with Crippen LogP contribution in [0.5, 0.6) is 23.0 Å². The Morgan fingerprint density at radius 1 is 0.408 bits per heavy atom. The highest BCUT2D eigenvalue weighted by atomic mass is 16.6. The van der Waals surface area contributed by atoms with Crippen molar-refractivity contribution in [1.82, 2.24) is 4.98 Å². The van der Waals surface area contributed by atoms with E-state index in [1.165, 1.54) is 27.8 Å². The second kappa shape index (κ2) is 10.8. The van der Waals surface area contributed by atoms with Crippen LogP contribution in [0.1, 0.15) is 22.3 Å². The van der Waals surface area contributed by atoms with Crippen LogP contribution in [0.2, 0.25) is 0 Å². The second-order valence-electron chi connectivity index (χ2n) is 12.7. The monoisotopic (exact) mass is 627 g/mol.